The van der Waals surface area contributed by atoms with E-state index in [0.29, 0.717) is 12.0 Å². The number of benzene rings is 1. The Morgan fingerprint density at radius 3 is 2.65 bits per heavy atom. The number of rotatable bonds is 3. The molecular weight excluding hydrogens is 262 g/mol. The number of carbonyl (C=O) groups is 4. The normalized spacial score (nSPS) is 14.7. The van der Waals surface area contributed by atoms with Crippen LogP contribution in [-0.4, -0.2) is 48.7 Å². The summed E-state index contributed by atoms with van der Waals surface area (Å²) >= 11 is 0. The van der Waals surface area contributed by atoms with Gasteiger partial charge in [-0.05, 0) is 12.1 Å². The van der Waals surface area contributed by atoms with Crippen LogP contribution in [0.4, 0.5) is 10.5 Å². The van der Waals surface area contributed by atoms with Gasteiger partial charge in [0, 0.05) is 18.8 Å². The molecule has 0 unspecified atom stereocenters. The van der Waals surface area contributed by atoms with E-state index in [2.05, 4.69) is 5.32 Å². The number of nitrogens with one attached hydrogen (secondary N) is 1. The molecule has 20 heavy (non-hydrogen) atoms. The number of hydrogen-bond acceptors (Lipinski definition) is 4. The molecule has 2 rings (SSSR count). The highest BCUT2D eigenvalue weighted by molar-refractivity contribution is 6.38. The summed E-state index contributed by atoms with van der Waals surface area (Å²) in [5.74, 6) is -1.73. The zero-order valence-electron chi connectivity index (χ0n) is 10.6. The van der Waals surface area contributed by atoms with Crippen LogP contribution >= 0.6 is 0 Å². The van der Waals surface area contributed by atoms with Gasteiger partial charge < -0.3 is 10.1 Å². The van der Waals surface area contributed by atoms with Crippen LogP contribution in [0.2, 0.25) is 0 Å². The maximum absolute atomic E-state index is 12.3. The molecule has 1 saturated heterocycles. The van der Waals surface area contributed by atoms with Crippen LogP contribution in [0, 0.1) is 0 Å². The van der Waals surface area contributed by atoms with Gasteiger partial charge in [0.15, 0.2) is 0 Å². The van der Waals surface area contributed by atoms with Crippen LogP contribution in [0.3, 0.4) is 0 Å². The largest absolute Gasteiger partial charge is 0.346 e. The number of aldehydes is 1. The lowest BCUT2D eigenvalue weighted by molar-refractivity contribution is -0.145. The summed E-state index contributed by atoms with van der Waals surface area (Å²) < 4.78 is 0. The number of hydrogen-bond donors (Lipinski definition) is 1. The average Bonchev–Trinajstić information content (AvgIpc) is 2.48. The van der Waals surface area contributed by atoms with Gasteiger partial charge in [-0.1, -0.05) is 18.2 Å². The lowest BCUT2D eigenvalue weighted by Gasteiger charge is -2.30. The van der Waals surface area contributed by atoms with E-state index in [1.54, 1.807) is 30.3 Å². The van der Waals surface area contributed by atoms with Crippen molar-refractivity contribution in [1.29, 1.82) is 0 Å². The first-order chi connectivity index (χ1) is 9.65. The topological polar surface area (TPSA) is 86.8 Å². The SMILES string of the molecule is O=CCN(C(=O)N1CCNC(=O)C1=O)c1ccccc1. The van der Waals surface area contributed by atoms with Crippen LogP contribution in [-0.2, 0) is 14.4 Å². The molecule has 0 aliphatic carbocycles. The fourth-order valence-corrected chi connectivity index (χ4v) is 1.89. The van der Waals surface area contributed by atoms with Crippen LogP contribution in [0.15, 0.2) is 30.3 Å². The molecule has 0 atom stereocenters. The fourth-order valence-electron chi connectivity index (χ4n) is 1.89. The molecule has 1 N–H and O–H groups in total. The number of piperazine rings is 1. The Balaban J connectivity index is 2.25. The van der Waals surface area contributed by atoms with Crippen molar-refractivity contribution in [2.24, 2.45) is 0 Å². The molecule has 0 radical (unpaired) electrons. The minimum Gasteiger partial charge on any atom is -0.346 e. The molecule has 7 heteroatoms. The number of imide groups is 1. The zero-order chi connectivity index (χ0) is 14.5. The van der Waals surface area contributed by atoms with E-state index in [4.69, 9.17) is 0 Å². The van der Waals surface area contributed by atoms with Crippen molar-refractivity contribution in [3.63, 3.8) is 0 Å². The van der Waals surface area contributed by atoms with E-state index in [1.807, 2.05) is 0 Å². The first-order valence-corrected chi connectivity index (χ1v) is 6.05. The Labute approximate surface area is 115 Å². The number of urea groups is 1. The van der Waals surface area contributed by atoms with Gasteiger partial charge in [0.25, 0.3) is 0 Å². The van der Waals surface area contributed by atoms with Gasteiger partial charge in [-0.15, -0.1) is 0 Å². The molecule has 1 aromatic rings. The zero-order valence-corrected chi connectivity index (χ0v) is 10.6. The number of nitrogens with zero attached hydrogens (tertiary/aromatic N) is 2. The maximum Gasteiger partial charge on any atom is 0.332 e. The van der Waals surface area contributed by atoms with Gasteiger partial charge in [0.05, 0.1) is 6.54 Å². The van der Waals surface area contributed by atoms with Gasteiger partial charge in [-0.25, -0.2) is 4.79 Å². The van der Waals surface area contributed by atoms with E-state index < -0.39 is 17.8 Å². The van der Waals surface area contributed by atoms with E-state index in [0.717, 1.165) is 9.80 Å². The molecule has 1 aliphatic heterocycles. The van der Waals surface area contributed by atoms with E-state index in [-0.39, 0.29) is 19.6 Å². The predicted octanol–water partition coefficient (Wildman–Crippen LogP) is -0.230. The van der Waals surface area contributed by atoms with Gasteiger partial charge in [-0.2, -0.15) is 0 Å². The van der Waals surface area contributed by atoms with Crippen LogP contribution in [0.5, 0.6) is 0 Å². The molecule has 1 aromatic carbocycles. The Morgan fingerprint density at radius 2 is 2.00 bits per heavy atom. The van der Waals surface area contributed by atoms with E-state index >= 15 is 0 Å². The fraction of sp³-hybridized carbons (Fsp3) is 0.231. The molecule has 1 aliphatic rings. The highest BCUT2D eigenvalue weighted by Gasteiger charge is 2.34. The number of carbonyl (C=O) groups excluding carboxylic acids is 4. The lowest BCUT2D eigenvalue weighted by Crippen LogP contribution is -2.57. The van der Waals surface area contributed by atoms with Crippen LogP contribution in [0.25, 0.3) is 0 Å². The van der Waals surface area contributed by atoms with Crippen molar-refractivity contribution in [3.8, 4) is 0 Å². The quantitative estimate of drug-likeness (QED) is 0.610. The summed E-state index contributed by atoms with van der Waals surface area (Å²) in [6, 6.07) is 7.82. The molecule has 4 amide bonds. The molecular formula is C13H13N3O4. The monoisotopic (exact) mass is 275 g/mol. The number of para-hydroxylation sites is 1. The maximum atomic E-state index is 12.3. The summed E-state index contributed by atoms with van der Waals surface area (Å²) in [5.41, 5.74) is 0.489. The molecule has 0 spiro atoms. The minimum absolute atomic E-state index is 0.0889. The van der Waals surface area contributed by atoms with Crippen molar-refractivity contribution in [2.45, 2.75) is 0 Å². The number of amides is 4. The molecule has 1 heterocycles. The van der Waals surface area contributed by atoms with E-state index in [1.165, 1.54) is 0 Å². The van der Waals surface area contributed by atoms with Crippen LogP contribution in [0.1, 0.15) is 0 Å². The molecule has 0 saturated carbocycles. The summed E-state index contributed by atoms with van der Waals surface area (Å²) in [4.78, 5) is 48.0. The minimum atomic E-state index is -0.909. The molecule has 1 fully saturated rings. The van der Waals surface area contributed by atoms with Crippen molar-refractivity contribution in [2.75, 3.05) is 24.5 Å². The highest BCUT2D eigenvalue weighted by atomic mass is 16.2. The predicted molar refractivity (Wildman–Crippen MR) is 70.0 cm³/mol. The van der Waals surface area contributed by atoms with Crippen molar-refractivity contribution >= 4 is 29.8 Å². The first kappa shape index (κ1) is 13.7. The van der Waals surface area contributed by atoms with Crippen LogP contribution < -0.4 is 10.2 Å². The summed E-state index contributed by atoms with van der Waals surface area (Å²) in [6.45, 7) is 0.111. The Kier molecular flexibility index (Phi) is 4.09. The summed E-state index contributed by atoms with van der Waals surface area (Å²) in [5, 5.41) is 2.36. The average molecular weight is 275 g/mol. The van der Waals surface area contributed by atoms with Crippen molar-refractivity contribution < 1.29 is 19.2 Å². The standard InChI is InChI=1S/C13H13N3O4/c17-9-8-15(10-4-2-1-3-5-10)13(20)16-7-6-14-11(18)12(16)19/h1-5,9H,6-8H2,(H,14,18). The number of anilines is 1. The third kappa shape index (κ3) is 2.66. The third-order valence-corrected chi connectivity index (χ3v) is 2.85. The van der Waals surface area contributed by atoms with Crippen molar-refractivity contribution in [3.05, 3.63) is 30.3 Å². The Morgan fingerprint density at radius 1 is 1.30 bits per heavy atom. The van der Waals surface area contributed by atoms with Gasteiger partial charge in [0.2, 0.25) is 0 Å². The second-order valence-corrected chi connectivity index (χ2v) is 4.11. The van der Waals surface area contributed by atoms with Gasteiger partial charge in [0.1, 0.15) is 6.29 Å². The lowest BCUT2D eigenvalue weighted by atomic mass is 10.3. The molecule has 0 bridgehead atoms. The molecule has 7 nitrogen and oxygen atoms in total. The van der Waals surface area contributed by atoms with E-state index in [9.17, 15) is 19.2 Å². The smallest absolute Gasteiger partial charge is 0.332 e. The molecule has 104 valence electrons. The Bertz CT molecular complexity index is 544. The van der Waals surface area contributed by atoms with Gasteiger partial charge >= 0.3 is 17.8 Å². The Hall–Kier alpha value is -2.70. The van der Waals surface area contributed by atoms with Gasteiger partial charge in [-0.3, -0.25) is 19.4 Å². The molecule has 0 aromatic heterocycles. The third-order valence-electron chi connectivity index (χ3n) is 2.85. The second-order valence-electron chi connectivity index (χ2n) is 4.11. The second kappa shape index (κ2) is 5.96. The highest BCUT2D eigenvalue weighted by Crippen LogP contribution is 2.15. The summed E-state index contributed by atoms with van der Waals surface area (Å²) in [7, 11) is 0. The van der Waals surface area contributed by atoms with Crippen molar-refractivity contribution in [1.82, 2.24) is 10.2 Å². The summed E-state index contributed by atoms with van der Waals surface area (Å²) in [6.07, 6.45) is 0.569. The first-order valence-electron chi connectivity index (χ1n) is 6.05.